The molecule has 10 nitrogen and oxygen atoms in total. The highest BCUT2D eigenvalue weighted by Crippen LogP contribution is 2.12. The molecule has 0 spiro atoms. The Bertz CT molecular complexity index is 823. The summed E-state index contributed by atoms with van der Waals surface area (Å²) in [7, 11) is 0. The van der Waals surface area contributed by atoms with Crippen molar-refractivity contribution in [1.29, 1.82) is 0 Å². The minimum absolute atomic E-state index is 0.0477. The van der Waals surface area contributed by atoms with Crippen LogP contribution in [0.2, 0.25) is 0 Å². The number of nitrogens with two attached hydrogens (primary N) is 1. The van der Waals surface area contributed by atoms with E-state index in [1.807, 2.05) is 13.8 Å². The number of carbonyl (C=O) groups excluding carboxylic acids is 3. The number of carbonyl (C=O) groups is 4. The number of phenolic OH excluding ortho intramolecular Hbond substituents is 1. The average Bonchev–Trinajstić information content (AvgIpc) is 2.79. The summed E-state index contributed by atoms with van der Waals surface area (Å²) in [6.07, 6.45) is 0.738. The lowest BCUT2D eigenvalue weighted by Gasteiger charge is -2.25. The molecule has 184 valence electrons. The van der Waals surface area contributed by atoms with Crippen LogP contribution in [0.5, 0.6) is 5.75 Å². The van der Waals surface area contributed by atoms with E-state index >= 15 is 0 Å². The Morgan fingerprint density at radius 1 is 0.909 bits per heavy atom. The summed E-state index contributed by atoms with van der Waals surface area (Å²) in [4.78, 5) is 49.2. The smallest absolute Gasteiger partial charge is 0.327 e. The molecule has 0 radical (unpaired) electrons. The Hall–Kier alpha value is -2.44. The van der Waals surface area contributed by atoms with Gasteiger partial charge in [-0.2, -0.15) is 25.3 Å². The second-order valence-electron chi connectivity index (χ2n) is 7.67. The van der Waals surface area contributed by atoms with E-state index in [4.69, 9.17) is 10.8 Å². The standard InChI is InChI=1S/C21H32N4O6S2/c1-3-11(2)17(22)20(29)23-14(8-12-4-6-13(26)7-5-12)18(27)24-15(9-32)19(28)25-16(10-33)21(30)31/h4-7,11,14-17,26,32-33H,3,8-10,22H2,1-2H3,(H,23,29)(H,24,27)(H,25,28)(H,30,31). The monoisotopic (exact) mass is 500 g/mol. The quantitative estimate of drug-likeness (QED) is 0.172. The van der Waals surface area contributed by atoms with Gasteiger partial charge in [-0.25, -0.2) is 4.79 Å². The van der Waals surface area contributed by atoms with Crippen LogP contribution in [0, 0.1) is 5.92 Å². The number of carboxylic acid groups (broad SMARTS) is 1. The predicted molar refractivity (Wildman–Crippen MR) is 130 cm³/mol. The van der Waals surface area contributed by atoms with Gasteiger partial charge in [-0.05, 0) is 23.6 Å². The zero-order valence-corrected chi connectivity index (χ0v) is 20.3. The minimum Gasteiger partial charge on any atom is -0.508 e. The second kappa shape index (κ2) is 14.0. The van der Waals surface area contributed by atoms with E-state index in [1.54, 1.807) is 12.1 Å². The summed E-state index contributed by atoms with van der Waals surface area (Å²) in [5, 5.41) is 26.0. The van der Waals surface area contributed by atoms with Crippen molar-refractivity contribution in [2.45, 2.75) is 50.9 Å². The molecule has 1 aromatic rings. The fourth-order valence-corrected chi connectivity index (χ4v) is 3.29. The molecule has 0 fully saturated rings. The van der Waals surface area contributed by atoms with E-state index in [2.05, 4.69) is 41.2 Å². The van der Waals surface area contributed by atoms with Crippen LogP contribution in [-0.2, 0) is 25.6 Å². The number of benzene rings is 1. The first-order chi connectivity index (χ1) is 15.5. The number of aliphatic carboxylic acids is 1. The number of phenols is 1. The molecule has 0 aliphatic heterocycles. The molecule has 1 aromatic carbocycles. The molecule has 3 amide bonds. The molecule has 0 heterocycles. The summed E-state index contributed by atoms with van der Waals surface area (Å²) >= 11 is 7.97. The van der Waals surface area contributed by atoms with E-state index in [1.165, 1.54) is 12.1 Å². The van der Waals surface area contributed by atoms with E-state index < -0.39 is 47.9 Å². The molecule has 0 aromatic heterocycles. The Morgan fingerprint density at radius 3 is 1.88 bits per heavy atom. The number of rotatable bonds is 13. The highest BCUT2D eigenvalue weighted by molar-refractivity contribution is 7.80. The lowest BCUT2D eigenvalue weighted by Crippen LogP contribution is -2.58. The van der Waals surface area contributed by atoms with Gasteiger partial charge in [0.1, 0.15) is 23.9 Å². The van der Waals surface area contributed by atoms with Crippen molar-refractivity contribution in [2.24, 2.45) is 11.7 Å². The molecule has 33 heavy (non-hydrogen) atoms. The lowest BCUT2D eigenvalue weighted by atomic mass is 9.98. The topological polar surface area (TPSA) is 171 Å². The summed E-state index contributed by atoms with van der Waals surface area (Å²) in [5.41, 5.74) is 6.64. The van der Waals surface area contributed by atoms with Gasteiger partial charge in [0, 0.05) is 17.9 Å². The first-order valence-corrected chi connectivity index (χ1v) is 11.7. The summed E-state index contributed by atoms with van der Waals surface area (Å²) < 4.78 is 0. The van der Waals surface area contributed by atoms with Gasteiger partial charge < -0.3 is 31.9 Å². The van der Waals surface area contributed by atoms with Crippen molar-refractivity contribution in [1.82, 2.24) is 16.0 Å². The summed E-state index contributed by atoms with van der Waals surface area (Å²) in [5.74, 6) is -3.51. The highest BCUT2D eigenvalue weighted by Gasteiger charge is 2.30. The number of amides is 3. The van der Waals surface area contributed by atoms with Gasteiger partial charge in [-0.3, -0.25) is 14.4 Å². The van der Waals surface area contributed by atoms with E-state index in [0.717, 1.165) is 0 Å². The van der Waals surface area contributed by atoms with Crippen LogP contribution in [0.15, 0.2) is 24.3 Å². The van der Waals surface area contributed by atoms with Gasteiger partial charge in [0.2, 0.25) is 17.7 Å². The van der Waals surface area contributed by atoms with Crippen LogP contribution >= 0.6 is 25.3 Å². The minimum atomic E-state index is -1.26. The Labute approximate surface area is 203 Å². The van der Waals surface area contributed by atoms with Gasteiger partial charge in [0.15, 0.2) is 0 Å². The third kappa shape index (κ3) is 9.14. The number of thiol groups is 2. The SMILES string of the molecule is CCC(C)C(N)C(=O)NC(Cc1ccc(O)cc1)C(=O)NC(CS)C(=O)NC(CS)C(=O)O. The first kappa shape index (κ1) is 28.6. The maximum Gasteiger partial charge on any atom is 0.327 e. The zero-order valence-electron chi connectivity index (χ0n) is 18.5. The Balaban J connectivity index is 3.02. The van der Waals surface area contributed by atoms with Crippen molar-refractivity contribution in [3.05, 3.63) is 29.8 Å². The molecule has 7 N–H and O–H groups in total. The van der Waals surface area contributed by atoms with Crippen molar-refractivity contribution in [3.8, 4) is 5.75 Å². The van der Waals surface area contributed by atoms with Crippen LogP contribution in [0.1, 0.15) is 25.8 Å². The largest absolute Gasteiger partial charge is 0.508 e. The molecule has 0 aliphatic carbocycles. The molecule has 12 heteroatoms. The molecule has 0 saturated carbocycles. The van der Waals surface area contributed by atoms with E-state index in [9.17, 15) is 24.3 Å². The molecule has 5 unspecified atom stereocenters. The van der Waals surface area contributed by atoms with Crippen LogP contribution in [0.3, 0.4) is 0 Å². The van der Waals surface area contributed by atoms with Gasteiger partial charge in [-0.1, -0.05) is 32.4 Å². The molecule has 0 aliphatic rings. The molecule has 1 rings (SSSR count). The van der Waals surface area contributed by atoms with E-state index in [-0.39, 0.29) is 29.6 Å². The Morgan fingerprint density at radius 2 is 1.39 bits per heavy atom. The summed E-state index contributed by atoms with van der Waals surface area (Å²) in [6.45, 7) is 3.71. The lowest BCUT2D eigenvalue weighted by molar-refractivity contribution is -0.141. The zero-order chi connectivity index (χ0) is 25.1. The normalized spacial score (nSPS) is 15.4. The number of carboxylic acids is 1. The van der Waals surface area contributed by atoms with Crippen LogP contribution in [-0.4, -0.2) is 69.6 Å². The van der Waals surface area contributed by atoms with E-state index in [0.29, 0.717) is 12.0 Å². The molecule has 0 saturated heterocycles. The number of aromatic hydroxyl groups is 1. The van der Waals surface area contributed by atoms with Crippen molar-refractivity contribution >= 4 is 48.9 Å². The maximum atomic E-state index is 13.0. The van der Waals surface area contributed by atoms with Crippen molar-refractivity contribution in [2.75, 3.05) is 11.5 Å². The fourth-order valence-electron chi connectivity index (χ4n) is 2.78. The number of nitrogens with one attached hydrogen (secondary N) is 3. The average molecular weight is 501 g/mol. The third-order valence-electron chi connectivity index (χ3n) is 5.18. The van der Waals surface area contributed by atoms with Gasteiger partial charge >= 0.3 is 5.97 Å². The molecule has 5 atom stereocenters. The van der Waals surface area contributed by atoms with Gasteiger partial charge in [0.05, 0.1) is 6.04 Å². The Kier molecular flexibility index (Phi) is 12.1. The van der Waals surface area contributed by atoms with Crippen molar-refractivity contribution < 1.29 is 29.4 Å². The fraction of sp³-hybridized carbons (Fsp3) is 0.524. The predicted octanol–water partition coefficient (Wildman–Crippen LogP) is -0.293. The van der Waals surface area contributed by atoms with Crippen LogP contribution in [0.25, 0.3) is 0 Å². The van der Waals surface area contributed by atoms with Crippen LogP contribution < -0.4 is 21.7 Å². The third-order valence-corrected chi connectivity index (χ3v) is 5.91. The first-order valence-electron chi connectivity index (χ1n) is 10.4. The van der Waals surface area contributed by atoms with Gasteiger partial charge in [-0.15, -0.1) is 0 Å². The van der Waals surface area contributed by atoms with Gasteiger partial charge in [0.25, 0.3) is 0 Å². The molecular formula is C21H32N4O6S2. The number of hydrogen-bond donors (Lipinski definition) is 8. The summed E-state index contributed by atoms with van der Waals surface area (Å²) in [6, 6.07) is 1.81. The molecule has 0 bridgehead atoms. The maximum absolute atomic E-state index is 13.0. The van der Waals surface area contributed by atoms with Crippen LogP contribution in [0.4, 0.5) is 0 Å². The second-order valence-corrected chi connectivity index (χ2v) is 8.40. The number of hydrogen-bond acceptors (Lipinski definition) is 8. The molecular weight excluding hydrogens is 468 g/mol. The highest BCUT2D eigenvalue weighted by atomic mass is 32.1. The van der Waals surface area contributed by atoms with Crippen molar-refractivity contribution in [3.63, 3.8) is 0 Å².